The number of aryl methyl sites for hydroxylation is 2. The number of thiazole rings is 1. The van der Waals surface area contributed by atoms with Gasteiger partial charge in [0.25, 0.3) is 11.5 Å². The molecule has 0 aliphatic carbocycles. The highest BCUT2D eigenvalue weighted by Gasteiger charge is 2.33. The minimum Gasteiger partial charge on any atom is -0.328 e. The normalized spacial score (nSPS) is 17.7. The largest absolute Gasteiger partial charge is 0.328 e. The Kier molecular flexibility index (Phi) is 4.30. The molecule has 1 aliphatic rings. The highest BCUT2D eigenvalue weighted by Crippen LogP contribution is 2.32. The summed E-state index contributed by atoms with van der Waals surface area (Å²) in [4.78, 5) is 39.1. The van der Waals surface area contributed by atoms with E-state index in [9.17, 15) is 9.59 Å². The number of carbonyl (C=O) groups excluding carboxylic acids is 1. The van der Waals surface area contributed by atoms with Gasteiger partial charge in [-0.2, -0.15) is 0 Å². The molecule has 1 N–H and O–H groups in total. The van der Waals surface area contributed by atoms with Crippen LogP contribution in [0.3, 0.4) is 0 Å². The highest BCUT2D eigenvalue weighted by molar-refractivity contribution is 7.11. The average Bonchev–Trinajstić information content (AvgIpc) is 3.15. The number of hydrogen-bond donors (Lipinski definition) is 1. The molecule has 23 heavy (non-hydrogen) atoms. The second-order valence-electron chi connectivity index (χ2n) is 5.79. The molecule has 1 saturated heterocycles. The van der Waals surface area contributed by atoms with E-state index in [1.54, 1.807) is 5.51 Å². The van der Waals surface area contributed by atoms with E-state index in [4.69, 9.17) is 0 Å². The summed E-state index contributed by atoms with van der Waals surface area (Å²) in [6, 6.07) is -0.165. The molecule has 122 valence electrons. The van der Waals surface area contributed by atoms with Gasteiger partial charge < -0.3 is 9.88 Å². The molecule has 1 amide bonds. The van der Waals surface area contributed by atoms with Crippen LogP contribution in [0, 0.1) is 13.8 Å². The predicted molar refractivity (Wildman–Crippen MR) is 88.8 cm³/mol. The van der Waals surface area contributed by atoms with Crippen molar-refractivity contribution in [3.8, 4) is 0 Å². The molecule has 7 heteroatoms. The Hall–Kier alpha value is -2.02. The molecule has 0 unspecified atom stereocenters. The van der Waals surface area contributed by atoms with Gasteiger partial charge >= 0.3 is 0 Å². The average molecular weight is 332 g/mol. The standard InChI is InChI=1S/C16H20N4O2S/c1-4-11-9(2)18-14(19-15(11)21)12-6-5-7-20(12)16(22)13-10(3)17-8-23-13/h8,12H,4-7H2,1-3H3,(H,18,19,21)/t12-/m1/s1. The summed E-state index contributed by atoms with van der Waals surface area (Å²) in [6.07, 6.45) is 2.38. The number of nitrogens with one attached hydrogen (secondary N) is 1. The van der Waals surface area contributed by atoms with E-state index in [0.29, 0.717) is 29.2 Å². The van der Waals surface area contributed by atoms with Gasteiger partial charge in [-0.15, -0.1) is 11.3 Å². The van der Waals surface area contributed by atoms with E-state index in [-0.39, 0.29) is 17.5 Å². The number of aromatic amines is 1. The number of likely N-dealkylation sites (tertiary alicyclic amines) is 1. The number of aromatic nitrogens is 3. The molecule has 0 spiro atoms. The van der Waals surface area contributed by atoms with Gasteiger partial charge in [0, 0.05) is 17.8 Å². The first-order valence-corrected chi connectivity index (χ1v) is 8.71. The van der Waals surface area contributed by atoms with Crippen LogP contribution < -0.4 is 5.56 Å². The van der Waals surface area contributed by atoms with Crippen molar-refractivity contribution in [2.45, 2.75) is 46.1 Å². The zero-order valence-corrected chi connectivity index (χ0v) is 14.4. The fourth-order valence-corrected chi connectivity index (χ4v) is 3.90. The lowest BCUT2D eigenvalue weighted by molar-refractivity contribution is 0.0733. The SMILES string of the molecule is CCc1c(C)nc([C@H]2CCCN2C(=O)c2scnc2C)[nH]c1=O. The quantitative estimate of drug-likeness (QED) is 0.936. The van der Waals surface area contributed by atoms with Crippen molar-refractivity contribution >= 4 is 17.2 Å². The molecule has 1 atom stereocenters. The lowest BCUT2D eigenvalue weighted by atomic mass is 10.1. The molecule has 1 aliphatic heterocycles. The van der Waals surface area contributed by atoms with Crippen molar-refractivity contribution in [3.63, 3.8) is 0 Å². The Bertz CT molecular complexity index is 796. The molecule has 0 bridgehead atoms. The third kappa shape index (κ3) is 2.81. The molecule has 0 saturated carbocycles. The minimum atomic E-state index is -0.165. The van der Waals surface area contributed by atoms with Crippen LogP contribution in [0.4, 0.5) is 0 Å². The Balaban J connectivity index is 1.95. The fraction of sp³-hybridized carbons (Fsp3) is 0.500. The number of carbonyl (C=O) groups is 1. The van der Waals surface area contributed by atoms with Crippen LogP contribution in [0.5, 0.6) is 0 Å². The molecule has 3 heterocycles. The van der Waals surface area contributed by atoms with Crippen molar-refractivity contribution in [3.05, 3.63) is 43.5 Å². The van der Waals surface area contributed by atoms with E-state index in [2.05, 4.69) is 15.0 Å². The smallest absolute Gasteiger partial charge is 0.266 e. The molecule has 1 fully saturated rings. The maximum absolute atomic E-state index is 12.8. The molecule has 3 rings (SSSR count). The van der Waals surface area contributed by atoms with Crippen LogP contribution in [0.15, 0.2) is 10.3 Å². The first kappa shape index (κ1) is 15.9. The van der Waals surface area contributed by atoms with Crippen LogP contribution >= 0.6 is 11.3 Å². The highest BCUT2D eigenvalue weighted by atomic mass is 32.1. The van der Waals surface area contributed by atoms with Crippen LogP contribution in [0.2, 0.25) is 0 Å². The number of nitrogens with zero attached hydrogens (tertiary/aromatic N) is 3. The molecular formula is C16H20N4O2S. The summed E-state index contributed by atoms with van der Waals surface area (Å²) < 4.78 is 0. The maximum Gasteiger partial charge on any atom is 0.266 e. The molecular weight excluding hydrogens is 312 g/mol. The molecule has 0 aromatic carbocycles. The summed E-state index contributed by atoms with van der Waals surface area (Å²) in [5.41, 5.74) is 3.81. The zero-order chi connectivity index (χ0) is 16.6. The molecule has 6 nitrogen and oxygen atoms in total. The third-order valence-corrected chi connectivity index (χ3v) is 5.28. The Labute approximate surface area is 138 Å². The summed E-state index contributed by atoms with van der Waals surface area (Å²) in [5.74, 6) is 0.574. The van der Waals surface area contributed by atoms with E-state index in [1.807, 2.05) is 25.7 Å². The maximum atomic E-state index is 12.8. The zero-order valence-electron chi connectivity index (χ0n) is 13.5. The predicted octanol–water partition coefficient (Wildman–Crippen LogP) is 2.38. The summed E-state index contributed by atoms with van der Waals surface area (Å²) in [7, 11) is 0. The van der Waals surface area contributed by atoms with Gasteiger partial charge in [-0.3, -0.25) is 9.59 Å². The number of H-pyrrole nitrogens is 1. The van der Waals surface area contributed by atoms with Gasteiger partial charge in [0.1, 0.15) is 10.7 Å². The van der Waals surface area contributed by atoms with Crippen molar-refractivity contribution in [2.75, 3.05) is 6.54 Å². The van der Waals surface area contributed by atoms with Crippen molar-refractivity contribution in [1.82, 2.24) is 19.9 Å². The second-order valence-corrected chi connectivity index (χ2v) is 6.65. The van der Waals surface area contributed by atoms with Crippen LogP contribution in [0.1, 0.15) is 58.3 Å². The Morgan fingerprint density at radius 1 is 1.43 bits per heavy atom. The lowest BCUT2D eigenvalue weighted by Gasteiger charge is -2.24. The van der Waals surface area contributed by atoms with E-state index >= 15 is 0 Å². The number of amides is 1. The second kappa shape index (κ2) is 6.23. The third-order valence-electron chi connectivity index (χ3n) is 4.36. The van der Waals surface area contributed by atoms with E-state index < -0.39 is 0 Å². The van der Waals surface area contributed by atoms with Gasteiger partial charge in [0.15, 0.2) is 0 Å². The van der Waals surface area contributed by atoms with Gasteiger partial charge in [-0.25, -0.2) is 9.97 Å². The van der Waals surface area contributed by atoms with Crippen LogP contribution in [-0.4, -0.2) is 32.3 Å². The first-order valence-electron chi connectivity index (χ1n) is 7.83. The summed E-state index contributed by atoms with van der Waals surface area (Å²) >= 11 is 1.36. The minimum absolute atomic E-state index is 0.0210. The topological polar surface area (TPSA) is 79.0 Å². The monoisotopic (exact) mass is 332 g/mol. The van der Waals surface area contributed by atoms with Gasteiger partial charge in [-0.1, -0.05) is 6.92 Å². The van der Waals surface area contributed by atoms with Gasteiger partial charge in [0.05, 0.1) is 17.2 Å². The Morgan fingerprint density at radius 2 is 2.22 bits per heavy atom. The molecule has 2 aromatic rings. The lowest BCUT2D eigenvalue weighted by Crippen LogP contribution is -2.33. The first-order chi connectivity index (χ1) is 11.0. The Morgan fingerprint density at radius 3 is 2.83 bits per heavy atom. The van der Waals surface area contributed by atoms with Crippen LogP contribution in [0.25, 0.3) is 0 Å². The van der Waals surface area contributed by atoms with E-state index in [0.717, 1.165) is 24.2 Å². The van der Waals surface area contributed by atoms with E-state index in [1.165, 1.54) is 11.3 Å². The molecule has 0 radical (unpaired) electrons. The van der Waals surface area contributed by atoms with Crippen LogP contribution in [-0.2, 0) is 6.42 Å². The fourth-order valence-electron chi connectivity index (χ4n) is 3.14. The summed E-state index contributed by atoms with van der Waals surface area (Å²) in [6.45, 7) is 6.32. The van der Waals surface area contributed by atoms with Gasteiger partial charge in [-0.05, 0) is 33.1 Å². The molecule has 2 aromatic heterocycles. The van der Waals surface area contributed by atoms with Crippen molar-refractivity contribution in [2.24, 2.45) is 0 Å². The van der Waals surface area contributed by atoms with Crippen molar-refractivity contribution in [1.29, 1.82) is 0 Å². The number of hydrogen-bond acceptors (Lipinski definition) is 5. The van der Waals surface area contributed by atoms with Crippen molar-refractivity contribution < 1.29 is 4.79 Å². The van der Waals surface area contributed by atoms with Gasteiger partial charge in [0.2, 0.25) is 0 Å². The summed E-state index contributed by atoms with van der Waals surface area (Å²) in [5, 5.41) is 0. The number of rotatable bonds is 3.